The van der Waals surface area contributed by atoms with Crippen molar-refractivity contribution in [2.45, 2.75) is 0 Å². The van der Waals surface area contributed by atoms with E-state index in [-0.39, 0.29) is 28.5 Å². The van der Waals surface area contributed by atoms with Crippen LogP contribution in [0.5, 0.6) is 11.5 Å². The van der Waals surface area contributed by atoms with Crippen LogP contribution in [0.3, 0.4) is 0 Å². The molecule has 0 radical (unpaired) electrons. The van der Waals surface area contributed by atoms with Gasteiger partial charge in [0.15, 0.2) is 17.3 Å². The van der Waals surface area contributed by atoms with Crippen molar-refractivity contribution < 1.29 is 19.6 Å². The summed E-state index contributed by atoms with van der Waals surface area (Å²) in [4.78, 5) is 22.3. The van der Waals surface area contributed by atoms with Crippen molar-refractivity contribution in [1.29, 1.82) is 0 Å². The van der Waals surface area contributed by atoms with Crippen LogP contribution in [0.4, 0.5) is 5.69 Å². The van der Waals surface area contributed by atoms with E-state index in [0.29, 0.717) is 10.0 Å². The van der Waals surface area contributed by atoms with Gasteiger partial charge in [-0.05, 0) is 29.8 Å². The zero-order chi connectivity index (χ0) is 17.0. The van der Waals surface area contributed by atoms with Gasteiger partial charge in [-0.3, -0.25) is 14.9 Å². The van der Waals surface area contributed by atoms with Crippen LogP contribution in [-0.4, -0.2) is 22.9 Å². The molecule has 0 unspecified atom stereocenters. The number of allylic oxidation sites excluding steroid dienone is 1. The number of non-ortho nitro benzene ring substituents is 1. The average Bonchev–Trinajstić information content (AvgIpc) is 2.54. The largest absolute Gasteiger partial charge is 0.504 e. The molecule has 0 aliphatic rings. The van der Waals surface area contributed by atoms with Gasteiger partial charge >= 0.3 is 0 Å². The van der Waals surface area contributed by atoms with Crippen molar-refractivity contribution in [2.24, 2.45) is 0 Å². The number of carbonyl (C=O) groups excluding carboxylic acids is 1. The monoisotopic (exact) mass is 377 g/mol. The molecule has 0 heterocycles. The van der Waals surface area contributed by atoms with E-state index in [4.69, 9.17) is 4.74 Å². The van der Waals surface area contributed by atoms with E-state index in [1.165, 1.54) is 49.6 Å². The van der Waals surface area contributed by atoms with Gasteiger partial charge in [-0.15, -0.1) is 0 Å². The highest BCUT2D eigenvalue weighted by atomic mass is 79.9. The second-order valence-corrected chi connectivity index (χ2v) is 5.40. The first-order chi connectivity index (χ1) is 10.9. The van der Waals surface area contributed by atoms with Crippen molar-refractivity contribution in [3.8, 4) is 11.5 Å². The molecule has 0 aliphatic carbocycles. The zero-order valence-corrected chi connectivity index (χ0v) is 13.6. The van der Waals surface area contributed by atoms with Gasteiger partial charge in [-0.1, -0.05) is 28.1 Å². The Morgan fingerprint density at radius 2 is 2.09 bits per heavy atom. The molecule has 0 spiro atoms. The fourth-order valence-corrected chi connectivity index (χ4v) is 2.35. The Morgan fingerprint density at radius 3 is 2.74 bits per heavy atom. The van der Waals surface area contributed by atoms with Crippen LogP contribution in [0.15, 0.2) is 46.9 Å². The maximum absolute atomic E-state index is 12.1. The molecule has 0 aliphatic heterocycles. The normalized spacial score (nSPS) is 10.7. The minimum Gasteiger partial charge on any atom is -0.504 e. The number of nitro benzene ring substituents is 1. The SMILES string of the molecule is COc1cc(/C=C/C(=O)c2cccc([N+](=O)[O-])c2)c(Br)cc1O. The lowest BCUT2D eigenvalue weighted by atomic mass is 10.1. The van der Waals surface area contributed by atoms with Crippen molar-refractivity contribution in [1.82, 2.24) is 0 Å². The summed E-state index contributed by atoms with van der Waals surface area (Å²) < 4.78 is 5.59. The Hall–Kier alpha value is -2.67. The number of aromatic hydroxyl groups is 1. The van der Waals surface area contributed by atoms with E-state index in [9.17, 15) is 20.0 Å². The highest BCUT2D eigenvalue weighted by Gasteiger charge is 2.10. The van der Waals surface area contributed by atoms with Gasteiger partial charge in [0.1, 0.15) is 0 Å². The molecular formula is C16H12BrNO5. The zero-order valence-electron chi connectivity index (χ0n) is 12.0. The number of ether oxygens (including phenoxy) is 1. The van der Waals surface area contributed by atoms with Crippen LogP contribution in [0.1, 0.15) is 15.9 Å². The minimum atomic E-state index is -0.554. The number of rotatable bonds is 5. The van der Waals surface area contributed by atoms with Crippen LogP contribution in [-0.2, 0) is 0 Å². The second kappa shape index (κ2) is 7.06. The molecule has 0 aromatic heterocycles. The van der Waals surface area contributed by atoms with Crippen LogP contribution in [0.25, 0.3) is 6.08 Å². The van der Waals surface area contributed by atoms with Gasteiger partial charge in [0.2, 0.25) is 0 Å². The fraction of sp³-hybridized carbons (Fsp3) is 0.0625. The predicted molar refractivity (Wildman–Crippen MR) is 88.8 cm³/mol. The lowest BCUT2D eigenvalue weighted by molar-refractivity contribution is -0.384. The Labute approximate surface area is 140 Å². The molecule has 1 N–H and O–H groups in total. The van der Waals surface area contributed by atoms with E-state index in [1.807, 2.05) is 0 Å². The summed E-state index contributed by atoms with van der Waals surface area (Å²) >= 11 is 3.28. The Kier molecular flexibility index (Phi) is 5.13. The molecule has 118 valence electrons. The quantitative estimate of drug-likeness (QED) is 0.368. The van der Waals surface area contributed by atoms with Crippen molar-refractivity contribution >= 4 is 33.5 Å². The number of carbonyl (C=O) groups is 1. The second-order valence-electron chi connectivity index (χ2n) is 4.55. The van der Waals surface area contributed by atoms with Crippen LogP contribution in [0.2, 0.25) is 0 Å². The number of hydrogen-bond donors (Lipinski definition) is 1. The molecule has 0 amide bonds. The highest BCUT2D eigenvalue weighted by Crippen LogP contribution is 2.33. The number of ketones is 1. The lowest BCUT2D eigenvalue weighted by Gasteiger charge is -2.06. The summed E-state index contributed by atoms with van der Waals surface area (Å²) in [6, 6.07) is 8.53. The Morgan fingerprint density at radius 1 is 1.35 bits per heavy atom. The molecule has 2 aromatic carbocycles. The molecule has 23 heavy (non-hydrogen) atoms. The van der Waals surface area contributed by atoms with Gasteiger partial charge in [0.05, 0.1) is 12.0 Å². The smallest absolute Gasteiger partial charge is 0.270 e. The number of halogens is 1. The molecule has 7 heteroatoms. The summed E-state index contributed by atoms with van der Waals surface area (Å²) in [7, 11) is 1.42. The summed E-state index contributed by atoms with van der Waals surface area (Å²) in [6.45, 7) is 0. The molecule has 0 fully saturated rings. The first-order valence-electron chi connectivity index (χ1n) is 6.45. The van der Waals surface area contributed by atoms with Crippen molar-refractivity contribution in [3.63, 3.8) is 0 Å². The van der Waals surface area contributed by atoms with E-state index < -0.39 is 4.92 Å². The van der Waals surface area contributed by atoms with E-state index >= 15 is 0 Å². The van der Waals surface area contributed by atoms with Gasteiger partial charge < -0.3 is 9.84 Å². The first-order valence-corrected chi connectivity index (χ1v) is 7.25. The van der Waals surface area contributed by atoms with Gasteiger partial charge in [-0.2, -0.15) is 0 Å². The van der Waals surface area contributed by atoms with Crippen LogP contribution < -0.4 is 4.74 Å². The maximum atomic E-state index is 12.1. The number of hydrogen-bond acceptors (Lipinski definition) is 5. The molecule has 2 rings (SSSR count). The topological polar surface area (TPSA) is 89.7 Å². The molecule has 6 nitrogen and oxygen atoms in total. The van der Waals surface area contributed by atoms with Crippen LogP contribution in [0, 0.1) is 10.1 Å². The van der Waals surface area contributed by atoms with Gasteiger partial charge in [0.25, 0.3) is 5.69 Å². The summed E-state index contributed by atoms with van der Waals surface area (Å²) in [5.41, 5.74) is 0.701. The summed E-state index contributed by atoms with van der Waals surface area (Å²) in [5.74, 6) is -0.121. The molecular weight excluding hydrogens is 366 g/mol. The van der Waals surface area contributed by atoms with Gasteiger partial charge in [-0.25, -0.2) is 0 Å². The van der Waals surface area contributed by atoms with E-state index in [2.05, 4.69) is 15.9 Å². The number of nitro groups is 1. The van der Waals surface area contributed by atoms with E-state index in [0.717, 1.165) is 0 Å². The third kappa shape index (κ3) is 3.95. The van der Waals surface area contributed by atoms with Crippen LogP contribution >= 0.6 is 15.9 Å². The van der Waals surface area contributed by atoms with Crippen molar-refractivity contribution in [3.05, 3.63) is 68.2 Å². The number of phenols is 1. The number of benzene rings is 2. The van der Waals surface area contributed by atoms with Crippen molar-refractivity contribution in [2.75, 3.05) is 7.11 Å². The summed E-state index contributed by atoms with van der Waals surface area (Å²) in [6.07, 6.45) is 2.84. The lowest BCUT2D eigenvalue weighted by Crippen LogP contribution is -1.96. The highest BCUT2D eigenvalue weighted by molar-refractivity contribution is 9.10. The molecule has 0 saturated carbocycles. The Balaban J connectivity index is 2.28. The standard InChI is InChI=1S/C16H12BrNO5/c1-23-16-8-10(13(17)9-15(16)20)5-6-14(19)11-3-2-4-12(7-11)18(21)22/h2-9,20H,1H3/b6-5+. The predicted octanol–water partition coefficient (Wildman–Crippen LogP) is 3.97. The molecule has 0 bridgehead atoms. The third-order valence-corrected chi connectivity index (χ3v) is 3.74. The summed E-state index contributed by atoms with van der Waals surface area (Å²) in [5, 5.41) is 20.4. The molecule has 0 saturated heterocycles. The number of phenolic OH excluding ortho intramolecular Hbond substituents is 1. The fourth-order valence-electron chi connectivity index (χ4n) is 1.88. The van der Waals surface area contributed by atoms with E-state index in [1.54, 1.807) is 6.07 Å². The molecule has 0 atom stereocenters. The average molecular weight is 378 g/mol. The molecule has 2 aromatic rings. The minimum absolute atomic E-state index is 0.0264. The number of nitrogens with zero attached hydrogens (tertiary/aromatic N) is 1. The third-order valence-electron chi connectivity index (χ3n) is 3.05. The van der Waals surface area contributed by atoms with Gasteiger partial charge in [0, 0.05) is 22.2 Å². The Bertz CT molecular complexity index is 801. The number of methoxy groups -OCH3 is 1. The maximum Gasteiger partial charge on any atom is 0.270 e. The first kappa shape index (κ1) is 16.7.